The van der Waals surface area contributed by atoms with Crippen molar-refractivity contribution in [3.05, 3.63) is 47.0 Å². The third kappa shape index (κ3) is 3.74. The number of nitrogens with zero attached hydrogens (tertiary/aromatic N) is 1. The summed E-state index contributed by atoms with van der Waals surface area (Å²) in [6, 6.07) is 7.18. The van der Waals surface area contributed by atoms with Gasteiger partial charge in [-0.2, -0.15) is 0 Å². The van der Waals surface area contributed by atoms with Gasteiger partial charge in [0.2, 0.25) is 0 Å². The summed E-state index contributed by atoms with van der Waals surface area (Å²) in [7, 11) is 1.55. The Morgan fingerprint density at radius 3 is 2.65 bits per heavy atom. The molecule has 138 valence electrons. The minimum Gasteiger partial charge on any atom is -0.463 e. The van der Waals surface area contributed by atoms with E-state index in [4.69, 9.17) is 21.1 Å². The van der Waals surface area contributed by atoms with Gasteiger partial charge in [0.15, 0.2) is 5.78 Å². The highest BCUT2D eigenvalue weighted by atomic mass is 35.5. The Labute approximate surface area is 158 Å². The van der Waals surface area contributed by atoms with Crippen molar-refractivity contribution in [3.8, 4) is 0 Å². The fraction of sp³-hybridized carbons (Fsp3) is 0.450. The van der Waals surface area contributed by atoms with E-state index in [0.717, 1.165) is 5.56 Å². The number of aliphatic imine (C=N–C) groups is 1. The van der Waals surface area contributed by atoms with Gasteiger partial charge in [-0.15, -0.1) is 0 Å². The average molecular weight is 376 g/mol. The number of ether oxygens (including phenoxy) is 2. The number of hydrogen-bond acceptors (Lipinski definition) is 5. The lowest BCUT2D eigenvalue weighted by molar-refractivity contribution is -0.149. The Kier molecular flexibility index (Phi) is 5.89. The number of fused-ring (bicyclic) bond motifs is 1. The maximum Gasteiger partial charge on any atom is 0.315 e. The summed E-state index contributed by atoms with van der Waals surface area (Å²) < 4.78 is 10.3. The molecule has 1 heterocycles. The van der Waals surface area contributed by atoms with E-state index in [1.807, 2.05) is 25.1 Å². The van der Waals surface area contributed by atoms with Gasteiger partial charge in [0.05, 0.1) is 18.6 Å². The predicted octanol–water partition coefficient (Wildman–Crippen LogP) is 3.22. The zero-order valence-corrected chi connectivity index (χ0v) is 15.6. The highest BCUT2D eigenvalue weighted by Crippen LogP contribution is 2.43. The van der Waals surface area contributed by atoms with Crippen LogP contribution in [0.5, 0.6) is 0 Å². The topological polar surface area (TPSA) is 65.0 Å². The van der Waals surface area contributed by atoms with Crippen LogP contribution in [0.25, 0.3) is 0 Å². The van der Waals surface area contributed by atoms with Crippen LogP contribution in [0, 0.1) is 11.8 Å². The molecule has 0 amide bonds. The normalized spacial score (nSPS) is 27.7. The fourth-order valence-electron chi connectivity index (χ4n) is 3.85. The molecule has 0 saturated heterocycles. The molecular weight excluding hydrogens is 354 g/mol. The van der Waals surface area contributed by atoms with E-state index in [1.54, 1.807) is 25.3 Å². The molecule has 6 heteroatoms. The number of esters is 1. The van der Waals surface area contributed by atoms with Crippen LogP contribution in [0.15, 0.2) is 41.4 Å². The maximum absolute atomic E-state index is 12.8. The first kappa shape index (κ1) is 18.8. The average Bonchev–Trinajstić information content (AvgIpc) is 2.61. The van der Waals surface area contributed by atoms with Gasteiger partial charge in [-0.1, -0.05) is 29.8 Å². The van der Waals surface area contributed by atoms with E-state index in [9.17, 15) is 9.59 Å². The smallest absolute Gasteiger partial charge is 0.315 e. The van der Waals surface area contributed by atoms with Gasteiger partial charge in [-0.3, -0.25) is 14.6 Å². The van der Waals surface area contributed by atoms with Gasteiger partial charge < -0.3 is 9.47 Å². The summed E-state index contributed by atoms with van der Waals surface area (Å²) in [4.78, 5) is 30.1. The van der Waals surface area contributed by atoms with Gasteiger partial charge in [-0.05, 0) is 37.1 Å². The van der Waals surface area contributed by atoms with E-state index in [2.05, 4.69) is 4.99 Å². The first-order valence-electron chi connectivity index (χ1n) is 8.68. The Hall–Kier alpha value is -1.98. The molecule has 2 aliphatic rings. The molecule has 0 saturated carbocycles. The van der Waals surface area contributed by atoms with Gasteiger partial charge in [0, 0.05) is 23.8 Å². The van der Waals surface area contributed by atoms with Crippen molar-refractivity contribution in [3.63, 3.8) is 0 Å². The number of hydrogen-bond donors (Lipinski definition) is 0. The molecule has 1 unspecified atom stereocenters. The number of allylic oxidation sites excluding steroid dienone is 1. The molecule has 0 spiro atoms. The van der Waals surface area contributed by atoms with Crippen molar-refractivity contribution >= 4 is 29.1 Å². The lowest BCUT2D eigenvalue weighted by Gasteiger charge is -2.40. The molecule has 4 atom stereocenters. The van der Waals surface area contributed by atoms with Gasteiger partial charge in [0.1, 0.15) is 12.5 Å². The molecule has 0 fully saturated rings. The standard InChI is InChI=1S/C20H22ClNO4/c1-12-17(20(24)26-11-10-25-2)18(13-6-8-14(21)9-7-13)19-15(22-12)4-3-5-16(19)23/h3,5-9,15,17-19H,4,10-11H2,1-2H3/t15-,17?,18-,19-/m0/s1. The molecule has 0 bridgehead atoms. The third-order valence-corrected chi connectivity index (χ3v) is 5.26. The van der Waals surface area contributed by atoms with E-state index in [1.165, 1.54) is 0 Å². The molecule has 0 N–H and O–H groups in total. The van der Waals surface area contributed by atoms with Crippen molar-refractivity contribution < 1.29 is 19.1 Å². The number of ketones is 1. The molecule has 3 rings (SSSR count). The summed E-state index contributed by atoms with van der Waals surface area (Å²) in [6.45, 7) is 2.34. The molecule has 1 aromatic rings. The highest BCUT2D eigenvalue weighted by molar-refractivity contribution is 6.30. The molecule has 26 heavy (non-hydrogen) atoms. The SMILES string of the molecule is COCCOC(=O)C1C(C)=N[C@H]2CC=CC(=O)[C@H]2[C@H]1c1ccc(Cl)cc1. The molecule has 0 radical (unpaired) electrons. The van der Waals surface area contributed by atoms with E-state index in [-0.39, 0.29) is 36.2 Å². The second kappa shape index (κ2) is 8.14. The molecule has 5 nitrogen and oxygen atoms in total. The highest BCUT2D eigenvalue weighted by Gasteiger charge is 2.48. The molecular formula is C20H22ClNO4. The van der Waals surface area contributed by atoms with Crippen LogP contribution < -0.4 is 0 Å². The summed E-state index contributed by atoms with van der Waals surface area (Å²) >= 11 is 6.02. The number of methoxy groups -OCH3 is 1. The minimum absolute atomic E-state index is 0.00661. The summed E-state index contributed by atoms with van der Waals surface area (Å²) in [5.41, 5.74) is 1.60. The van der Waals surface area contributed by atoms with E-state index < -0.39 is 5.92 Å². The van der Waals surface area contributed by atoms with Crippen molar-refractivity contribution in [1.29, 1.82) is 0 Å². The van der Waals surface area contributed by atoms with E-state index in [0.29, 0.717) is 23.8 Å². The lowest BCUT2D eigenvalue weighted by Crippen LogP contribution is -2.46. The Balaban J connectivity index is 2.00. The van der Waals surface area contributed by atoms with Crippen LogP contribution in [0.1, 0.15) is 24.8 Å². The zero-order chi connectivity index (χ0) is 18.7. The summed E-state index contributed by atoms with van der Waals surface area (Å²) in [6.07, 6.45) is 4.16. The first-order chi connectivity index (χ1) is 12.5. The summed E-state index contributed by atoms with van der Waals surface area (Å²) in [5, 5.41) is 0.612. The molecule has 1 aliphatic heterocycles. The van der Waals surface area contributed by atoms with Gasteiger partial charge in [-0.25, -0.2) is 0 Å². The largest absolute Gasteiger partial charge is 0.463 e. The van der Waals surface area contributed by atoms with Crippen molar-refractivity contribution in [1.82, 2.24) is 0 Å². The Morgan fingerprint density at radius 2 is 1.96 bits per heavy atom. The number of carbonyl (C=O) groups is 2. The summed E-state index contributed by atoms with van der Waals surface area (Å²) in [5.74, 6) is -1.65. The van der Waals surface area contributed by atoms with E-state index >= 15 is 0 Å². The molecule has 1 aliphatic carbocycles. The fourth-order valence-corrected chi connectivity index (χ4v) is 3.97. The van der Waals surface area contributed by atoms with Crippen LogP contribution in [-0.2, 0) is 19.1 Å². The van der Waals surface area contributed by atoms with Crippen molar-refractivity contribution in [2.45, 2.75) is 25.3 Å². The van der Waals surface area contributed by atoms with Crippen LogP contribution >= 0.6 is 11.6 Å². The van der Waals surface area contributed by atoms with Crippen LogP contribution in [0.3, 0.4) is 0 Å². The molecule has 0 aromatic heterocycles. The minimum atomic E-state index is -0.593. The van der Waals surface area contributed by atoms with Crippen LogP contribution in [0.2, 0.25) is 5.02 Å². The van der Waals surface area contributed by atoms with Crippen molar-refractivity contribution in [2.24, 2.45) is 16.8 Å². The number of carbonyl (C=O) groups excluding carboxylic acids is 2. The van der Waals surface area contributed by atoms with Crippen molar-refractivity contribution in [2.75, 3.05) is 20.3 Å². The number of benzene rings is 1. The third-order valence-electron chi connectivity index (χ3n) is 5.01. The second-order valence-electron chi connectivity index (χ2n) is 6.62. The van der Waals surface area contributed by atoms with Gasteiger partial charge in [0.25, 0.3) is 0 Å². The first-order valence-corrected chi connectivity index (χ1v) is 9.06. The Morgan fingerprint density at radius 1 is 1.23 bits per heavy atom. The second-order valence-corrected chi connectivity index (χ2v) is 7.06. The van der Waals surface area contributed by atoms with Gasteiger partial charge >= 0.3 is 5.97 Å². The maximum atomic E-state index is 12.8. The number of rotatable bonds is 5. The monoisotopic (exact) mass is 375 g/mol. The van der Waals surface area contributed by atoms with Crippen LogP contribution in [0.4, 0.5) is 0 Å². The zero-order valence-electron chi connectivity index (χ0n) is 14.9. The predicted molar refractivity (Wildman–Crippen MR) is 99.7 cm³/mol. The number of halogens is 1. The van der Waals surface area contributed by atoms with Crippen LogP contribution in [-0.4, -0.2) is 43.8 Å². The lowest BCUT2D eigenvalue weighted by atomic mass is 9.66. The Bertz CT molecular complexity index is 741. The molecule has 1 aromatic carbocycles. The quantitative estimate of drug-likeness (QED) is 0.585.